The minimum atomic E-state index is -3.80. The monoisotopic (exact) mass is 467 g/mol. The van der Waals surface area contributed by atoms with Crippen LogP contribution in [-0.4, -0.2) is 47.2 Å². The Morgan fingerprint density at radius 1 is 1.06 bits per heavy atom. The first-order valence-electron chi connectivity index (χ1n) is 9.61. The molecule has 9 nitrogen and oxygen atoms in total. The number of anilines is 1. The zero-order chi connectivity index (χ0) is 22.8. The first-order valence-corrected chi connectivity index (χ1v) is 12.6. The molecule has 1 saturated heterocycles. The lowest BCUT2D eigenvalue weighted by Crippen LogP contribution is -2.41. The zero-order valence-electron chi connectivity index (χ0n) is 17.2. The van der Waals surface area contributed by atoms with E-state index in [9.17, 15) is 21.6 Å². The molecule has 0 spiro atoms. The Hall–Kier alpha value is -2.47. The number of rotatable bonds is 6. The number of sulfonamides is 2. The minimum absolute atomic E-state index is 0.0457. The van der Waals surface area contributed by atoms with Crippen LogP contribution < -0.4 is 15.2 Å². The molecule has 0 saturated carbocycles. The van der Waals surface area contributed by atoms with E-state index in [4.69, 9.17) is 9.88 Å². The highest BCUT2D eigenvalue weighted by Gasteiger charge is 2.33. The van der Waals surface area contributed by atoms with E-state index >= 15 is 0 Å². The molecule has 0 atom stereocenters. The number of nitrogens with zero attached hydrogens (tertiary/aromatic N) is 1. The van der Waals surface area contributed by atoms with Crippen LogP contribution in [0.4, 0.5) is 5.69 Å². The topological polar surface area (TPSA) is 136 Å². The van der Waals surface area contributed by atoms with E-state index in [1.165, 1.54) is 35.7 Å². The molecule has 0 radical (unpaired) electrons. The fourth-order valence-electron chi connectivity index (χ4n) is 3.46. The Bertz CT molecular complexity index is 1170. The Morgan fingerprint density at radius 3 is 2.23 bits per heavy atom. The van der Waals surface area contributed by atoms with E-state index in [1.807, 2.05) is 6.92 Å². The molecule has 0 aromatic heterocycles. The van der Waals surface area contributed by atoms with E-state index in [2.05, 4.69) is 5.32 Å². The number of nitrogens with one attached hydrogen (secondary N) is 1. The predicted molar refractivity (Wildman–Crippen MR) is 116 cm³/mol. The van der Waals surface area contributed by atoms with Crippen molar-refractivity contribution in [3.8, 4) is 5.75 Å². The summed E-state index contributed by atoms with van der Waals surface area (Å²) < 4.78 is 55.4. The third-order valence-electron chi connectivity index (χ3n) is 5.21. The molecule has 1 aliphatic heterocycles. The van der Waals surface area contributed by atoms with Gasteiger partial charge in [-0.25, -0.2) is 22.0 Å². The summed E-state index contributed by atoms with van der Waals surface area (Å²) >= 11 is 0. The van der Waals surface area contributed by atoms with Crippen LogP contribution in [0, 0.1) is 12.8 Å². The number of nitrogens with two attached hydrogens (primary N) is 1. The molecule has 2 aromatic rings. The van der Waals surface area contributed by atoms with Crippen molar-refractivity contribution in [1.82, 2.24) is 4.31 Å². The Kier molecular flexibility index (Phi) is 6.70. The molecule has 1 fully saturated rings. The van der Waals surface area contributed by atoms with Gasteiger partial charge >= 0.3 is 0 Å². The molecule has 3 rings (SSSR count). The molecule has 31 heavy (non-hydrogen) atoms. The first-order chi connectivity index (χ1) is 14.5. The third-order valence-corrected chi connectivity index (χ3v) is 8.06. The maximum Gasteiger partial charge on any atom is 0.246 e. The molecular weight excluding hydrogens is 442 g/mol. The Labute approximate surface area is 182 Å². The zero-order valence-corrected chi connectivity index (χ0v) is 18.9. The van der Waals surface area contributed by atoms with E-state index in [0.717, 1.165) is 5.56 Å². The van der Waals surface area contributed by atoms with Gasteiger partial charge in [-0.2, -0.15) is 4.31 Å². The van der Waals surface area contributed by atoms with Gasteiger partial charge in [-0.3, -0.25) is 4.79 Å². The lowest BCUT2D eigenvalue weighted by molar-refractivity contribution is -0.120. The lowest BCUT2D eigenvalue weighted by Gasteiger charge is -2.31. The number of methoxy groups -OCH3 is 1. The SMILES string of the molecule is COc1ccc(C)cc1S(=O)(=O)N1CCC(C(=O)Nc2ccc(S(N)(=O)=O)cc2)CC1. The van der Waals surface area contributed by atoms with Crippen molar-refractivity contribution in [3.05, 3.63) is 48.0 Å². The summed E-state index contributed by atoms with van der Waals surface area (Å²) in [6, 6.07) is 10.5. The van der Waals surface area contributed by atoms with E-state index in [1.54, 1.807) is 18.2 Å². The van der Waals surface area contributed by atoms with Crippen molar-refractivity contribution in [2.24, 2.45) is 11.1 Å². The number of primary sulfonamides is 1. The van der Waals surface area contributed by atoms with Gasteiger partial charge in [-0.05, 0) is 61.7 Å². The molecule has 168 valence electrons. The van der Waals surface area contributed by atoms with Crippen LogP contribution in [0.3, 0.4) is 0 Å². The number of hydrogen-bond donors (Lipinski definition) is 2. The van der Waals surface area contributed by atoms with Crippen LogP contribution >= 0.6 is 0 Å². The number of benzene rings is 2. The van der Waals surface area contributed by atoms with Crippen LogP contribution in [0.25, 0.3) is 0 Å². The second kappa shape index (κ2) is 8.95. The number of piperidine rings is 1. The maximum absolute atomic E-state index is 13.1. The molecule has 1 heterocycles. The van der Waals surface area contributed by atoms with Crippen LogP contribution in [0.5, 0.6) is 5.75 Å². The number of hydrogen-bond acceptors (Lipinski definition) is 6. The summed E-state index contributed by atoms with van der Waals surface area (Å²) in [5.74, 6) is -0.314. The fraction of sp³-hybridized carbons (Fsp3) is 0.350. The Balaban J connectivity index is 1.65. The number of amides is 1. The molecule has 3 N–H and O–H groups in total. The van der Waals surface area contributed by atoms with Crippen LogP contribution in [0.15, 0.2) is 52.3 Å². The predicted octanol–water partition coefficient (Wildman–Crippen LogP) is 1.69. The highest BCUT2D eigenvalue weighted by atomic mass is 32.2. The maximum atomic E-state index is 13.1. The van der Waals surface area contributed by atoms with Gasteiger partial charge in [0.05, 0.1) is 12.0 Å². The van der Waals surface area contributed by atoms with Crippen LogP contribution in [0.1, 0.15) is 18.4 Å². The summed E-state index contributed by atoms with van der Waals surface area (Å²) in [4.78, 5) is 12.7. The number of carbonyl (C=O) groups excluding carboxylic acids is 1. The van der Waals surface area contributed by atoms with Crippen molar-refractivity contribution in [2.75, 3.05) is 25.5 Å². The van der Waals surface area contributed by atoms with Gasteiger partial charge < -0.3 is 10.1 Å². The second-order valence-electron chi connectivity index (χ2n) is 7.39. The van der Waals surface area contributed by atoms with Gasteiger partial charge in [0.1, 0.15) is 10.6 Å². The van der Waals surface area contributed by atoms with E-state index in [0.29, 0.717) is 18.5 Å². The van der Waals surface area contributed by atoms with Gasteiger partial charge in [-0.1, -0.05) is 6.07 Å². The quantitative estimate of drug-likeness (QED) is 0.664. The second-order valence-corrected chi connectivity index (χ2v) is 10.9. The van der Waals surface area contributed by atoms with Crippen LogP contribution in [0.2, 0.25) is 0 Å². The summed E-state index contributed by atoms with van der Waals surface area (Å²) in [6.45, 7) is 2.23. The summed E-state index contributed by atoms with van der Waals surface area (Å²) in [7, 11) is -6.12. The summed E-state index contributed by atoms with van der Waals surface area (Å²) in [6.07, 6.45) is 0.739. The number of carbonyl (C=O) groups is 1. The molecule has 0 bridgehead atoms. The average molecular weight is 468 g/mol. The fourth-order valence-corrected chi connectivity index (χ4v) is 5.68. The third kappa shape index (κ3) is 5.24. The molecule has 1 aliphatic rings. The number of aryl methyl sites for hydroxylation is 1. The van der Waals surface area contributed by atoms with Gasteiger partial charge in [0.25, 0.3) is 0 Å². The van der Waals surface area contributed by atoms with Crippen molar-refractivity contribution in [1.29, 1.82) is 0 Å². The standard InChI is InChI=1S/C20H25N3O6S2/c1-14-3-8-18(29-2)19(13-14)31(27,28)23-11-9-15(10-12-23)20(24)22-16-4-6-17(7-5-16)30(21,25)26/h3-8,13,15H,9-12H2,1-2H3,(H,22,24)(H2,21,25,26). The van der Waals surface area contributed by atoms with Crippen molar-refractivity contribution in [3.63, 3.8) is 0 Å². The smallest absolute Gasteiger partial charge is 0.246 e. The highest BCUT2D eigenvalue weighted by molar-refractivity contribution is 7.89. The molecule has 0 aliphatic carbocycles. The van der Waals surface area contributed by atoms with Crippen molar-refractivity contribution < 1.29 is 26.4 Å². The highest BCUT2D eigenvalue weighted by Crippen LogP contribution is 2.30. The number of ether oxygens (including phenoxy) is 1. The van der Waals surface area contributed by atoms with Gasteiger partial charge in [0.2, 0.25) is 26.0 Å². The normalized spacial score (nSPS) is 16.1. The molecular formula is C20H25N3O6S2. The molecule has 1 amide bonds. The van der Waals surface area contributed by atoms with Crippen molar-refractivity contribution >= 4 is 31.6 Å². The Morgan fingerprint density at radius 2 is 1.68 bits per heavy atom. The minimum Gasteiger partial charge on any atom is -0.495 e. The van der Waals surface area contributed by atoms with E-state index in [-0.39, 0.29) is 40.5 Å². The first kappa shape index (κ1) is 23.2. The summed E-state index contributed by atoms with van der Waals surface area (Å²) in [5, 5.41) is 7.80. The van der Waals surface area contributed by atoms with Crippen LogP contribution in [-0.2, 0) is 24.8 Å². The molecule has 0 unspecified atom stereocenters. The van der Waals surface area contributed by atoms with Gasteiger partial charge in [0, 0.05) is 24.7 Å². The van der Waals surface area contributed by atoms with Gasteiger partial charge in [-0.15, -0.1) is 0 Å². The molecule has 2 aromatic carbocycles. The average Bonchev–Trinajstić information content (AvgIpc) is 2.73. The van der Waals surface area contributed by atoms with Gasteiger partial charge in [0.15, 0.2) is 0 Å². The van der Waals surface area contributed by atoms with E-state index < -0.39 is 20.0 Å². The summed E-state index contributed by atoms with van der Waals surface area (Å²) in [5.41, 5.74) is 1.25. The molecule has 11 heteroatoms. The largest absolute Gasteiger partial charge is 0.495 e. The lowest BCUT2D eigenvalue weighted by atomic mass is 9.97. The van der Waals surface area contributed by atoms with Crippen molar-refractivity contribution in [2.45, 2.75) is 29.6 Å².